The van der Waals surface area contributed by atoms with E-state index in [1.807, 2.05) is 48.0 Å². The predicted octanol–water partition coefficient (Wildman–Crippen LogP) is 4.19. The van der Waals surface area contributed by atoms with E-state index < -0.39 is 0 Å². The summed E-state index contributed by atoms with van der Waals surface area (Å²) in [6.07, 6.45) is 1.42. The third kappa shape index (κ3) is 4.63. The van der Waals surface area contributed by atoms with Gasteiger partial charge in [-0.3, -0.25) is 19.0 Å². The zero-order valence-corrected chi connectivity index (χ0v) is 19.3. The van der Waals surface area contributed by atoms with Crippen LogP contribution in [0.2, 0.25) is 0 Å². The fourth-order valence-electron chi connectivity index (χ4n) is 3.46. The van der Waals surface area contributed by atoms with Crippen LogP contribution in [0.5, 0.6) is 0 Å². The van der Waals surface area contributed by atoms with Gasteiger partial charge in [-0.2, -0.15) is 0 Å². The zero-order valence-electron chi connectivity index (χ0n) is 17.7. The fraction of sp³-hybridized carbons (Fsp3) is 0.217. The number of amides is 2. The van der Waals surface area contributed by atoms with E-state index in [1.54, 1.807) is 22.3 Å². The number of nitrogens with zero attached hydrogens (tertiary/aromatic N) is 3. The number of fused-ring (bicyclic) bond motifs is 1. The fourth-order valence-corrected chi connectivity index (χ4v) is 5.18. The molecule has 1 N–H and O–H groups in total. The SMILES string of the molecule is CCN(Cc1cccc(NC(=O)Cn2cnc3scc(-c4cccs4)c3c2=O)c1)C(C)=O. The lowest BCUT2D eigenvalue weighted by Gasteiger charge is -2.19. The Hall–Kier alpha value is -3.30. The first kappa shape index (κ1) is 21.9. The van der Waals surface area contributed by atoms with Crippen molar-refractivity contribution in [3.8, 4) is 10.4 Å². The number of benzene rings is 1. The van der Waals surface area contributed by atoms with Crippen LogP contribution in [0.3, 0.4) is 0 Å². The molecule has 0 radical (unpaired) electrons. The van der Waals surface area contributed by atoms with Gasteiger partial charge in [0.1, 0.15) is 11.4 Å². The molecule has 0 unspecified atom stereocenters. The highest BCUT2D eigenvalue weighted by Crippen LogP contribution is 2.33. The molecule has 9 heteroatoms. The first-order valence-corrected chi connectivity index (χ1v) is 11.9. The summed E-state index contributed by atoms with van der Waals surface area (Å²) in [4.78, 5) is 45.2. The Morgan fingerprint density at radius 2 is 2.03 bits per heavy atom. The van der Waals surface area contributed by atoms with Crippen molar-refractivity contribution < 1.29 is 9.59 Å². The van der Waals surface area contributed by atoms with Crippen LogP contribution in [0.1, 0.15) is 19.4 Å². The van der Waals surface area contributed by atoms with Crippen molar-refractivity contribution in [2.45, 2.75) is 26.9 Å². The van der Waals surface area contributed by atoms with Crippen molar-refractivity contribution in [3.63, 3.8) is 0 Å². The molecule has 32 heavy (non-hydrogen) atoms. The van der Waals surface area contributed by atoms with Crippen LogP contribution in [-0.2, 0) is 22.7 Å². The number of hydrogen-bond acceptors (Lipinski definition) is 6. The van der Waals surface area contributed by atoms with Gasteiger partial charge in [0.25, 0.3) is 5.56 Å². The van der Waals surface area contributed by atoms with Crippen LogP contribution < -0.4 is 10.9 Å². The van der Waals surface area contributed by atoms with Gasteiger partial charge >= 0.3 is 0 Å². The van der Waals surface area contributed by atoms with Gasteiger partial charge in [0, 0.05) is 41.5 Å². The lowest BCUT2D eigenvalue weighted by molar-refractivity contribution is -0.129. The second kappa shape index (κ2) is 9.46. The number of hydrogen-bond donors (Lipinski definition) is 1. The third-order valence-corrected chi connectivity index (χ3v) is 6.86. The third-order valence-electron chi connectivity index (χ3n) is 5.07. The number of thiophene rings is 2. The molecular formula is C23H22N4O3S2. The Morgan fingerprint density at radius 1 is 1.19 bits per heavy atom. The number of aromatic nitrogens is 2. The molecule has 7 nitrogen and oxygen atoms in total. The molecule has 3 aromatic heterocycles. The van der Waals surface area contributed by atoms with Gasteiger partial charge in [-0.05, 0) is 36.1 Å². The van der Waals surface area contributed by atoms with Crippen LogP contribution >= 0.6 is 22.7 Å². The average Bonchev–Trinajstić information content (AvgIpc) is 3.44. The van der Waals surface area contributed by atoms with Crippen molar-refractivity contribution in [3.05, 3.63) is 69.4 Å². The second-order valence-corrected chi connectivity index (χ2v) is 9.07. The van der Waals surface area contributed by atoms with E-state index in [2.05, 4.69) is 10.3 Å². The van der Waals surface area contributed by atoms with E-state index >= 15 is 0 Å². The van der Waals surface area contributed by atoms with Crippen molar-refractivity contribution in [1.29, 1.82) is 0 Å². The van der Waals surface area contributed by atoms with Gasteiger partial charge in [-0.25, -0.2) is 4.98 Å². The molecule has 0 aliphatic rings. The summed E-state index contributed by atoms with van der Waals surface area (Å²) in [6.45, 7) is 4.40. The molecule has 2 amide bonds. The molecule has 0 fully saturated rings. The molecule has 0 aliphatic carbocycles. The van der Waals surface area contributed by atoms with E-state index in [0.29, 0.717) is 29.0 Å². The van der Waals surface area contributed by atoms with Gasteiger partial charge in [0.15, 0.2) is 0 Å². The lowest BCUT2D eigenvalue weighted by Crippen LogP contribution is -2.28. The van der Waals surface area contributed by atoms with Crippen molar-refractivity contribution in [1.82, 2.24) is 14.5 Å². The van der Waals surface area contributed by atoms with Crippen LogP contribution in [0.4, 0.5) is 5.69 Å². The molecule has 0 aliphatic heterocycles. The topological polar surface area (TPSA) is 84.3 Å². The minimum absolute atomic E-state index is 0.000413. The quantitative estimate of drug-likeness (QED) is 0.443. The highest BCUT2D eigenvalue weighted by Gasteiger charge is 2.15. The lowest BCUT2D eigenvalue weighted by atomic mass is 10.2. The maximum atomic E-state index is 13.1. The van der Waals surface area contributed by atoms with Crippen LogP contribution in [-0.4, -0.2) is 32.8 Å². The average molecular weight is 467 g/mol. The maximum absolute atomic E-state index is 13.1. The first-order chi connectivity index (χ1) is 15.5. The van der Waals surface area contributed by atoms with Crippen LogP contribution in [0, 0.1) is 0 Å². The summed E-state index contributed by atoms with van der Waals surface area (Å²) >= 11 is 2.98. The van der Waals surface area contributed by atoms with E-state index in [9.17, 15) is 14.4 Å². The van der Waals surface area contributed by atoms with Crippen molar-refractivity contribution in [2.24, 2.45) is 0 Å². The van der Waals surface area contributed by atoms with Crippen LogP contribution in [0.25, 0.3) is 20.7 Å². The molecule has 3 heterocycles. The Morgan fingerprint density at radius 3 is 2.75 bits per heavy atom. The molecule has 164 valence electrons. The van der Waals surface area contributed by atoms with E-state index in [1.165, 1.54) is 29.2 Å². The summed E-state index contributed by atoms with van der Waals surface area (Å²) in [5, 5.41) is 7.27. The smallest absolute Gasteiger partial charge is 0.263 e. The summed E-state index contributed by atoms with van der Waals surface area (Å²) in [5.74, 6) is -0.322. The number of carbonyl (C=O) groups excluding carboxylic acids is 2. The van der Waals surface area contributed by atoms with E-state index in [0.717, 1.165) is 16.0 Å². The normalized spacial score (nSPS) is 10.9. The standard InChI is InChI=1S/C23H22N4O3S2/c1-3-26(15(2)28)11-16-6-4-7-17(10-16)25-20(29)12-27-14-24-22-21(23(27)30)18(13-32-22)19-8-5-9-31-19/h4-10,13-14H,3,11-12H2,1-2H3,(H,25,29). The number of nitrogens with one attached hydrogen (secondary N) is 1. The Kier molecular flexibility index (Phi) is 6.48. The van der Waals surface area contributed by atoms with Crippen LogP contribution in [0.15, 0.2) is 58.3 Å². The Bertz CT molecular complexity index is 1320. The highest BCUT2D eigenvalue weighted by molar-refractivity contribution is 7.18. The van der Waals surface area contributed by atoms with Gasteiger partial charge in [0.05, 0.1) is 11.7 Å². The molecule has 4 rings (SSSR count). The monoisotopic (exact) mass is 466 g/mol. The van der Waals surface area contributed by atoms with Gasteiger partial charge in [0.2, 0.25) is 11.8 Å². The van der Waals surface area contributed by atoms with E-state index in [-0.39, 0.29) is 23.9 Å². The molecule has 0 atom stereocenters. The predicted molar refractivity (Wildman–Crippen MR) is 129 cm³/mol. The second-order valence-electron chi connectivity index (χ2n) is 7.27. The van der Waals surface area contributed by atoms with Gasteiger partial charge in [-0.1, -0.05) is 18.2 Å². The Labute approximate surface area is 193 Å². The number of rotatable bonds is 7. The summed E-state index contributed by atoms with van der Waals surface area (Å²) < 4.78 is 1.33. The zero-order chi connectivity index (χ0) is 22.7. The minimum atomic E-state index is -0.322. The molecule has 0 saturated carbocycles. The summed E-state index contributed by atoms with van der Waals surface area (Å²) in [7, 11) is 0. The van der Waals surface area contributed by atoms with Crippen molar-refractivity contribution >= 4 is 50.4 Å². The molecule has 4 aromatic rings. The largest absolute Gasteiger partial charge is 0.339 e. The van der Waals surface area contributed by atoms with E-state index in [4.69, 9.17) is 0 Å². The maximum Gasteiger partial charge on any atom is 0.263 e. The molecule has 1 aromatic carbocycles. The van der Waals surface area contributed by atoms with Gasteiger partial charge < -0.3 is 10.2 Å². The number of carbonyl (C=O) groups is 2. The Balaban J connectivity index is 1.52. The molecule has 0 spiro atoms. The first-order valence-electron chi connectivity index (χ1n) is 10.1. The summed E-state index contributed by atoms with van der Waals surface area (Å²) in [5.41, 5.74) is 2.15. The summed E-state index contributed by atoms with van der Waals surface area (Å²) in [6, 6.07) is 11.3. The molecular weight excluding hydrogens is 444 g/mol. The van der Waals surface area contributed by atoms with Crippen molar-refractivity contribution in [2.75, 3.05) is 11.9 Å². The molecule has 0 bridgehead atoms. The molecule has 0 saturated heterocycles. The highest BCUT2D eigenvalue weighted by atomic mass is 32.1. The number of anilines is 1. The van der Waals surface area contributed by atoms with Gasteiger partial charge in [-0.15, -0.1) is 22.7 Å². The minimum Gasteiger partial charge on any atom is -0.339 e.